The molecule has 1 heterocycles. The molecule has 2 rings (SSSR count). The van der Waals surface area contributed by atoms with Crippen molar-refractivity contribution in [2.75, 3.05) is 7.11 Å². The van der Waals surface area contributed by atoms with E-state index in [9.17, 15) is 0 Å². The van der Waals surface area contributed by atoms with Crippen LogP contribution in [-0.4, -0.2) is 12.1 Å². The summed E-state index contributed by atoms with van der Waals surface area (Å²) >= 11 is 5.84. The molecule has 2 aromatic rings. The van der Waals surface area contributed by atoms with Gasteiger partial charge in [-0.15, -0.1) is 0 Å². The van der Waals surface area contributed by atoms with Gasteiger partial charge in [0.25, 0.3) is 0 Å². The molecule has 0 atom stereocenters. The molecule has 0 aliphatic heterocycles. The molecule has 0 aliphatic carbocycles. The maximum absolute atomic E-state index is 5.84. The van der Waals surface area contributed by atoms with Gasteiger partial charge in [-0.25, -0.2) is 4.98 Å². The molecule has 1 aromatic heterocycles. The first-order valence-electron chi connectivity index (χ1n) is 5.13. The van der Waals surface area contributed by atoms with Crippen molar-refractivity contribution in [3.8, 4) is 17.2 Å². The maximum atomic E-state index is 5.84. The van der Waals surface area contributed by atoms with Crippen LogP contribution in [0.2, 0.25) is 5.15 Å². The number of ether oxygens (including phenoxy) is 2. The molecule has 0 saturated heterocycles. The largest absolute Gasteiger partial charge is 0.497 e. The fourth-order valence-electron chi connectivity index (χ4n) is 1.37. The van der Waals surface area contributed by atoms with Crippen LogP contribution in [0.25, 0.3) is 0 Å². The lowest BCUT2D eigenvalue weighted by molar-refractivity contribution is 0.412. The lowest BCUT2D eigenvalue weighted by Crippen LogP contribution is -1.88. The molecule has 0 radical (unpaired) electrons. The average Bonchev–Trinajstić information content (AvgIpc) is 2.35. The molecule has 0 saturated carbocycles. The Morgan fingerprint density at radius 2 is 1.71 bits per heavy atom. The summed E-state index contributed by atoms with van der Waals surface area (Å²) in [6.07, 6.45) is 1.60. The van der Waals surface area contributed by atoms with Gasteiger partial charge in [0.15, 0.2) is 0 Å². The molecule has 3 nitrogen and oxygen atoms in total. The van der Waals surface area contributed by atoms with Crippen LogP contribution in [0.3, 0.4) is 0 Å². The highest BCUT2D eigenvalue weighted by atomic mass is 35.5. The van der Waals surface area contributed by atoms with Gasteiger partial charge in [0.1, 0.15) is 22.4 Å². The Bertz CT molecular complexity index is 511. The highest BCUT2D eigenvalue weighted by Gasteiger charge is 2.01. The molecular formula is C13H12ClNO2. The summed E-state index contributed by atoms with van der Waals surface area (Å²) in [4.78, 5) is 4.02. The number of benzene rings is 1. The Balaban J connectivity index is 2.16. The molecule has 0 amide bonds. The molecule has 17 heavy (non-hydrogen) atoms. The molecular weight excluding hydrogens is 238 g/mol. The molecule has 4 heteroatoms. The van der Waals surface area contributed by atoms with E-state index >= 15 is 0 Å². The van der Waals surface area contributed by atoms with Gasteiger partial charge < -0.3 is 9.47 Å². The van der Waals surface area contributed by atoms with E-state index in [0.29, 0.717) is 10.9 Å². The van der Waals surface area contributed by atoms with Gasteiger partial charge in [-0.3, -0.25) is 0 Å². The highest BCUT2D eigenvalue weighted by molar-refractivity contribution is 6.30. The zero-order valence-corrected chi connectivity index (χ0v) is 10.4. The third kappa shape index (κ3) is 2.88. The van der Waals surface area contributed by atoms with Gasteiger partial charge in [0, 0.05) is 0 Å². The van der Waals surface area contributed by atoms with Crippen LogP contribution in [-0.2, 0) is 0 Å². The van der Waals surface area contributed by atoms with Crippen molar-refractivity contribution in [1.29, 1.82) is 0 Å². The Morgan fingerprint density at radius 3 is 2.29 bits per heavy atom. The number of methoxy groups -OCH3 is 1. The second-order valence-electron chi connectivity index (χ2n) is 3.56. The standard InChI is InChI=1S/C13H12ClNO2/c1-9-7-12(8-15-13(9)14)17-11-5-3-10(16-2)4-6-11/h3-8H,1-2H3. The zero-order valence-electron chi connectivity index (χ0n) is 9.61. The topological polar surface area (TPSA) is 31.4 Å². The summed E-state index contributed by atoms with van der Waals surface area (Å²) in [7, 11) is 1.63. The Morgan fingerprint density at radius 1 is 1.06 bits per heavy atom. The van der Waals surface area contributed by atoms with Crippen molar-refractivity contribution in [1.82, 2.24) is 4.98 Å². The van der Waals surface area contributed by atoms with Crippen molar-refractivity contribution in [2.24, 2.45) is 0 Å². The van der Waals surface area contributed by atoms with Crippen LogP contribution >= 0.6 is 11.6 Å². The van der Waals surface area contributed by atoms with Crippen molar-refractivity contribution in [3.63, 3.8) is 0 Å². The minimum atomic E-state index is 0.493. The average molecular weight is 250 g/mol. The molecule has 0 fully saturated rings. The number of halogens is 1. The number of hydrogen-bond donors (Lipinski definition) is 0. The van der Waals surface area contributed by atoms with E-state index in [2.05, 4.69) is 4.98 Å². The first-order valence-corrected chi connectivity index (χ1v) is 5.51. The molecule has 0 N–H and O–H groups in total. The molecule has 0 spiro atoms. The number of pyridine rings is 1. The van der Waals surface area contributed by atoms with E-state index in [-0.39, 0.29) is 0 Å². The van der Waals surface area contributed by atoms with Crippen LogP contribution in [0.4, 0.5) is 0 Å². The molecule has 88 valence electrons. The van der Waals surface area contributed by atoms with Crippen molar-refractivity contribution >= 4 is 11.6 Å². The quantitative estimate of drug-likeness (QED) is 0.775. The summed E-state index contributed by atoms with van der Waals surface area (Å²) in [5, 5.41) is 0.493. The minimum Gasteiger partial charge on any atom is -0.497 e. The first-order chi connectivity index (χ1) is 8.19. The normalized spacial score (nSPS) is 10.1. The van der Waals surface area contributed by atoms with Crippen molar-refractivity contribution in [2.45, 2.75) is 6.92 Å². The molecule has 1 aromatic carbocycles. The van der Waals surface area contributed by atoms with E-state index in [1.54, 1.807) is 13.3 Å². The van der Waals surface area contributed by atoms with E-state index in [0.717, 1.165) is 17.1 Å². The van der Waals surface area contributed by atoms with Crippen LogP contribution in [0.15, 0.2) is 36.5 Å². The van der Waals surface area contributed by atoms with E-state index < -0.39 is 0 Å². The minimum absolute atomic E-state index is 0.493. The summed E-state index contributed by atoms with van der Waals surface area (Å²) in [6, 6.07) is 9.20. The monoisotopic (exact) mass is 249 g/mol. The fourth-order valence-corrected chi connectivity index (χ4v) is 1.47. The van der Waals surface area contributed by atoms with Crippen LogP contribution in [0, 0.1) is 6.92 Å². The first kappa shape index (κ1) is 11.7. The van der Waals surface area contributed by atoms with Gasteiger partial charge >= 0.3 is 0 Å². The molecule has 0 unspecified atom stereocenters. The van der Waals surface area contributed by atoms with E-state index in [1.807, 2.05) is 37.3 Å². The van der Waals surface area contributed by atoms with Crippen LogP contribution in [0.5, 0.6) is 17.2 Å². The number of nitrogens with zero attached hydrogens (tertiary/aromatic N) is 1. The maximum Gasteiger partial charge on any atom is 0.146 e. The second-order valence-corrected chi connectivity index (χ2v) is 3.91. The van der Waals surface area contributed by atoms with E-state index in [1.165, 1.54) is 0 Å². The third-order valence-electron chi connectivity index (χ3n) is 2.28. The predicted molar refractivity (Wildman–Crippen MR) is 67.1 cm³/mol. The molecule has 0 bridgehead atoms. The number of hydrogen-bond acceptors (Lipinski definition) is 3. The van der Waals surface area contributed by atoms with Crippen LogP contribution in [0.1, 0.15) is 5.56 Å². The summed E-state index contributed by atoms with van der Waals surface area (Å²) < 4.78 is 10.7. The smallest absolute Gasteiger partial charge is 0.146 e. The molecule has 0 aliphatic rings. The van der Waals surface area contributed by atoms with Gasteiger partial charge in [-0.1, -0.05) is 11.6 Å². The summed E-state index contributed by atoms with van der Waals surface area (Å²) in [5.41, 5.74) is 0.887. The summed E-state index contributed by atoms with van der Waals surface area (Å²) in [5.74, 6) is 2.19. The Labute approximate surface area is 105 Å². The van der Waals surface area contributed by atoms with Crippen molar-refractivity contribution in [3.05, 3.63) is 47.2 Å². The lowest BCUT2D eigenvalue weighted by atomic mass is 10.3. The Kier molecular flexibility index (Phi) is 3.49. The van der Waals surface area contributed by atoms with Gasteiger partial charge in [-0.05, 0) is 42.8 Å². The number of aryl methyl sites for hydroxylation is 1. The lowest BCUT2D eigenvalue weighted by Gasteiger charge is -2.07. The SMILES string of the molecule is COc1ccc(Oc2cnc(Cl)c(C)c2)cc1. The van der Waals surface area contributed by atoms with Gasteiger partial charge in [0.2, 0.25) is 0 Å². The number of aromatic nitrogens is 1. The highest BCUT2D eigenvalue weighted by Crippen LogP contribution is 2.25. The fraction of sp³-hybridized carbons (Fsp3) is 0.154. The second kappa shape index (κ2) is 5.06. The Hall–Kier alpha value is -1.74. The predicted octanol–water partition coefficient (Wildman–Crippen LogP) is 3.84. The van der Waals surface area contributed by atoms with Crippen molar-refractivity contribution < 1.29 is 9.47 Å². The van der Waals surface area contributed by atoms with E-state index in [4.69, 9.17) is 21.1 Å². The summed E-state index contributed by atoms with van der Waals surface area (Å²) in [6.45, 7) is 1.89. The van der Waals surface area contributed by atoms with Crippen LogP contribution < -0.4 is 9.47 Å². The van der Waals surface area contributed by atoms with Gasteiger partial charge in [0.05, 0.1) is 13.3 Å². The van der Waals surface area contributed by atoms with Gasteiger partial charge in [-0.2, -0.15) is 0 Å². The zero-order chi connectivity index (χ0) is 12.3. The third-order valence-corrected chi connectivity index (χ3v) is 2.68. The number of rotatable bonds is 3.